The second-order valence-electron chi connectivity index (χ2n) is 12.9. The molecule has 0 saturated heterocycles. The van der Waals surface area contributed by atoms with E-state index in [1.165, 1.54) is 0 Å². The van der Waals surface area contributed by atoms with Crippen molar-refractivity contribution in [3.8, 4) is 11.8 Å². The molecule has 2 N–H and O–H groups in total. The number of nitrogens with zero attached hydrogens (tertiary/aromatic N) is 3. The largest absolute Gasteiger partial charge is 0.253 e. The van der Waals surface area contributed by atoms with Crippen LogP contribution in [-0.4, -0.2) is 46.4 Å². The number of benzene rings is 1. The molecule has 198 valence electrons. The minimum atomic E-state index is -2.64. The van der Waals surface area contributed by atoms with Gasteiger partial charge in [0.15, 0.2) is 0 Å². The summed E-state index contributed by atoms with van der Waals surface area (Å²) in [5, 5.41) is 8.82. The maximum atomic E-state index is 12.7. The third-order valence-corrected chi connectivity index (χ3v) is 11.1. The van der Waals surface area contributed by atoms with Gasteiger partial charge in [-0.05, 0) is 33.3 Å². The molecule has 36 heavy (non-hydrogen) atoms. The van der Waals surface area contributed by atoms with Crippen LogP contribution in [-0.2, 0) is 36.8 Å². The minimum Gasteiger partial charge on any atom is -0.253 e. The Kier molecular flexibility index (Phi) is 7.32. The summed E-state index contributed by atoms with van der Waals surface area (Å²) >= 11 is 0. The highest BCUT2D eigenvalue weighted by Gasteiger charge is 2.44. The summed E-state index contributed by atoms with van der Waals surface area (Å²) in [7, 11) is -5.10. The number of fused-ring (bicyclic) bond motifs is 1. The van der Waals surface area contributed by atoms with Crippen LogP contribution in [0.1, 0.15) is 72.3 Å². The predicted molar refractivity (Wildman–Crippen MR) is 148 cm³/mol. The number of aromatic nitrogens is 3. The molecule has 0 spiro atoms. The summed E-state index contributed by atoms with van der Waals surface area (Å²) in [6.45, 7) is 16.6. The average molecular weight is 532 g/mol. The number of nitrogens with one attached hydrogen (secondary N) is 2. The molecule has 1 aromatic heterocycles. The van der Waals surface area contributed by atoms with Crippen LogP contribution >= 0.6 is 0 Å². The Labute approximate surface area is 217 Å². The molecule has 3 heterocycles. The molecule has 4 rings (SSSR count). The maximum absolute atomic E-state index is 12.7. The molecule has 0 fully saturated rings. The molecule has 0 bridgehead atoms. The van der Waals surface area contributed by atoms with E-state index in [-0.39, 0.29) is 16.2 Å². The van der Waals surface area contributed by atoms with Crippen molar-refractivity contribution in [3.05, 3.63) is 47.3 Å². The highest BCUT2D eigenvalue weighted by Crippen LogP contribution is 2.39. The highest BCUT2D eigenvalue weighted by molar-refractivity contribution is 7.92. The molecule has 0 radical (unpaired) electrons. The molecule has 2 aliphatic heterocycles. The van der Waals surface area contributed by atoms with Crippen LogP contribution in [0.2, 0.25) is 0 Å². The van der Waals surface area contributed by atoms with E-state index in [2.05, 4.69) is 34.3 Å². The van der Waals surface area contributed by atoms with E-state index in [1.807, 2.05) is 78.3 Å². The van der Waals surface area contributed by atoms with Crippen LogP contribution in [0.25, 0.3) is 0 Å². The maximum Gasteiger partial charge on any atom is 0.0930 e. The van der Waals surface area contributed by atoms with Crippen molar-refractivity contribution >= 4 is 19.5 Å². The van der Waals surface area contributed by atoms with E-state index >= 15 is 0 Å². The molecular weight excluding hydrogens is 490 g/mol. The van der Waals surface area contributed by atoms with Crippen LogP contribution in [0, 0.1) is 32.2 Å². The lowest BCUT2D eigenvalue weighted by atomic mass is 9.82. The van der Waals surface area contributed by atoms with Gasteiger partial charge in [0.05, 0.1) is 17.9 Å². The van der Waals surface area contributed by atoms with Gasteiger partial charge in [0.25, 0.3) is 0 Å². The summed E-state index contributed by atoms with van der Waals surface area (Å²) in [5.74, 6) is 7.71. The Morgan fingerprint density at radius 2 is 1.28 bits per heavy atom. The van der Waals surface area contributed by atoms with Crippen molar-refractivity contribution in [3.63, 3.8) is 0 Å². The third-order valence-electron chi connectivity index (χ3n) is 6.31. The van der Waals surface area contributed by atoms with Crippen LogP contribution in [0.4, 0.5) is 0 Å². The van der Waals surface area contributed by atoms with Gasteiger partial charge in [0, 0.05) is 64.1 Å². The standard InChI is InChI=1S/C17H24N4OS.C10H17NOS/c1-16(2)11-23(18,22)12-17(3,4)15-14(16)19-20-21(15)10-13-8-6-5-7-9-13;1-9(2)5-6-10(3,4)8-13(11,12)7-9/h5-9,18H,10-12H2,1-4H3;11H,7-8H2,1-4H3. The van der Waals surface area contributed by atoms with Crippen molar-refractivity contribution in [2.75, 3.05) is 23.0 Å². The van der Waals surface area contributed by atoms with E-state index in [9.17, 15) is 8.42 Å². The average Bonchev–Trinajstić information content (AvgIpc) is 3.04. The minimum absolute atomic E-state index is 0.271. The summed E-state index contributed by atoms with van der Waals surface area (Å²) < 4.78 is 42.4. The van der Waals surface area contributed by atoms with Crippen molar-refractivity contribution in [2.24, 2.45) is 10.8 Å². The van der Waals surface area contributed by atoms with E-state index in [4.69, 9.17) is 9.56 Å². The van der Waals surface area contributed by atoms with E-state index in [0.717, 1.165) is 17.0 Å². The Hall–Kier alpha value is -2.18. The summed E-state index contributed by atoms with van der Waals surface area (Å²) in [6, 6.07) is 10.1. The predicted octanol–water partition coefficient (Wildman–Crippen LogP) is 5.04. The second kappa shape index (κ2) is 9.29. The molecule has 0 amide bonds. The number of rotatable bonds is 2. The normalized spacial score (nSPS) is 26.6. The zero-order chi connectivity index (χ0) is 27.2. The van der Waals surface area contributed by atoms with Gasteiger partial charge in [-0.1, -0.05) is 75.1 Å². The first kappa shape index (κ1) is 28.4. The van der Waals surface area contributed by atoms with Gasteiger partial charge in [-0.25, -0.2) is 13.1 Å². The zero-order valence-electron chi connectivity index (χ0n) is 22.9. The van der Waals surface area contributed by atoms with Crippen molar-refractivity contribution in [1.82, 2.24) is 15.0 Å². The second-order valence-corrected chi connectivity index (χ2v) is 17.3. The monoisotopic (exact) mass is 531 g/mol. The lowest BCUT2D eigenvalue weighted by molar-refractivity contribution is 0.496. The van der Waals surface area contributed by atoms with Gasteiger partial charge < -0.3 is 0 Å². The fourth-order valence-electron chi connectivity index (χ4n) is 5.29. The van der Waals surface area contributed by atoms with E-state index in [0.29, 0.717) is 29.6 Å². The molecule has 0 aliphatic carbocycles. The molecule has 2 aliphatic rings. The summed E-state index contributed by atoms with van der Waals surface area (Å²) in [6.07, 6.45) is 0. The molecular formula is C27H41N5O2S2. The van der Waals surface area contributed by atoms with Crippen LogP contribution in [0.5, 0.6) is 0 Å². The molecule has 0 saturated carbocycles. The van der Waals surface area contributed by atoms with Gasteiger partial charge in [-0.3, -0.25) is 9.56 Å². The van der Waals surface area contributed by atoms with Gasteiger partial charge in [-0.15, -0.1) is 5.10 Å². The first-order chi connectivity index (χ1) is 16.2. The van der Waals surface area contributed by atoms with Crippen molar-refractivity contribution in [1.29, 1.82) is 9.56 Å². The highest BCUT2D eigenvalue weighted by atomic mass is 32.2. The number of hydrogen-bond acceptors (Lipinski definition) is 6. The Morgan fingerprint density at radius 1 is 0.806 bits per heavy atom. The zero-order valence-corrected chi connectivity index (χ0v) is 24.5. The van der Waals surface area contributed by atoms with Crippen LogP contribution < -0.4 is 0 Å². The van der Waals surface area contributed by atoms with Crippen molar-refractivity contribution in [2.45, 2.75) is 72.8 Å². The SMILES string of the molecule is CC1(C)C#CC(C)(C)CS(=N)(=O)C1.CC1(C)CS(=N)(=O)CC(C)(C)c2c1nnn2Cc1ccccc1. The van der Waals surface area contributed by atoms with Crippen LogP contribution in [0.15, 0.2) is 30.3 Å². The molecule has 1 unspecified atom stereocenters. The molecule has 7 nitrogen and oxygen atoms in total. The third kappa shape index (κ3) is 6.98. The molecule has 2 aromatic rings. The summed E-state index contributed by atoms with van der Waals surface area (Å²) in [5.41, 5.74) is 1.72. The first-order valence-corrected chi connectivity index (χ1v) is 16.0. The van der Waals surface area contributed by atoms with Crippen LogP contribution in [0.3, 0.4) is 0 Å². The quantitative estimate of drug-likeness (QED) is 0.528. The van der Waals surface area contributed by atoms with Gasteiger partial charge in [0.2, 0.25) is 0 Å². The molecule has 1 aromatic carbocycles. The fraction of sp³-hybridized carbons (Fsp3) is 0.630. The van der Waals surface area contributed by atoms with E-state index < -0.39 is 24.9 Å². The molecule has 1 atom stereocenters. The lowest BCUT2D eigenvalue weighted by Gasteiger charge is -2.25. The summed E-state index contributed by atoms with van der Waals surface area (Å²) in [4.78, 5) is 0. The first-order valence-electron chi connectivity index (χ1n) is 12.2. The number of hydrogen-bond donors (Lipinski definition) is 2. The fourth-order valence-corrected chi connectivity index (χ4v) is 10.6. The van der Waals surface area contributed by atoms with E-state index in [1.54, 1.807) is 0 Å². The topological polar surface area (TPSA) is 113 Å². The Balaban J connectivity index is 0.000000236. The lowest BCUT2D eigenvalue weighted by Crippen LogP contribution is -2.30. The Bertz CT molecular complexity index is 1360. The van der Waals surface area contributed by atoms with Crippen molar-refractivity contribution < 1.29 is 8.42 Å². The smallest absolute Gasteiger partial charge is 0.0930 e. The molecule has 9 heteroatoms. The van der Waals surface area contributed by atoms with Gasteiger partial charge in [0.1, 0.15) is 0 Å². The van der Waals surface area contributed by atoms with Gasteiger partial charge in [-0.2, -0.15) is 0 Å². The van der Waals surface area contributed by atoms with Gasteiger partial charge >= 0.3 is 0 Å². The Morgan fingerprint density at radius 3 is 1.81 bits per heavy atom.